The third kappa shape index (κ3) is 5.67. The number of amides is 1. The van der Waals surface area contributed by atoms with Crippen molar-refractivity contribution in [2.45, 2.75) is 13.0 Å². The van der Waals surface area contributed by atoms with E-state index in [0.717, 1.165) is 38.5 Å². The number of hydrogen-bond donors (Lipinski definition) is 3. The Morgan fingerprint density at radius 1 is 1.14 bits per heavy atom. The van der Waals surface area contributed by atoms with E-state index in [1.165, 1.54) is 15.9 Å². The van der Waals surface area contributed by atoms with Gasteiger partial charge in [-0.1, -0.05) is 23.7 Å². The van der Waals surface area contributed by atoms with Crippen molar-refractivity contribution in [2.75, 3.05) is 44.6 Å². The van der Waals surface area contributed by atoms with Gasteiger partial charge in [-0.2, -0.15) is 0 Å². The lowest BCUT2D eigenvalue weighted by Crippen LogP contribution is -3.30. The zero-order chi connectivity index (χ0) is 19.9. The molecule has 1 amide bonds. The van der Waals surface area contributed by atoms with Crippen molar-refractivity contribution in [1.29, 1.82) is 0 Å². The second-order valence-electron chi connectivity index (χ2n) is 7.15. The van der Waals surface area contributed by atoms with Crippen molar-refractivity contribution in [1.82, 2.24) is 0 Å². The molecule has 0 aliphatic carbocycles. The van der Waals surface area contributed by atoms with Gasteiger partial charge in [0, 0.05) is 5.02 Å². The first-order valence-corrected chi connectivity index (χ1v) is 10.0. The molecule has 2 aromatic carbocycles. The van der Waals surface area contributed by atoms with E-state index in [-0.39, 0.29) is 17.6 Å². The fourth-order valence-corrected chi connectivity index (χ4v) is 3.57. The van der Waals surface area contributed by atoms with E-state index >= 15 is 0 Å². The smallest absolute Gasteiger partial charge is 0.282 e. The minimum Gasteiger partial charge on any atom is -0.488 e. The van der Waals surface area contributed by atoms with Crippen LogP contribution in [0, 0.1) is 5.82 Å². The van der Waals surface area contributed by atoms with Crippen LogP contribution in [0.1, 0.15) is 6.92 Å². The SMILES string of the molecule is C[C@H](C(=O)Nc1ccccc1F)[NH+]1CC[NH+](CCOc2ccc(Cl)cc2)CC1. The molecule has 1 atom stereocenters. The molecule has 0 aromatic heterocycles. The van der Waals surface area contributed by atoms with Gasteiger partial charge in [-0.3, -0.25) is 4.79 Å². The molecular weight excluding hydrogens is 381 g/mol. The minimum absolute atomic E-state index is 0.144. The van der Waals surface area contributed by atoms with Gasteiger partial charge >= 0.3 is 0 Å². The van der Waals surface area contributed by atoms with Crippen molar-refractivity contribution in [3.63, 3.8) is 0 Å². The van der Waals surface area contributed by atoms with Crippen molar-refractivity contribution in [3.8, 4) is 5.75 Å². The number of benzene rings is 2. The first kappa shape index (κ1) is 20.6. The monoisotopic (exact) mass is 407 g/mol. The molecule has 0 bridgehead atoms. The van der Waals surface area contributed by atoms with Crippen LogP contribution in [-0.4, -0.2) is 51.3 Å². The molecule has 0 radical (unpaired) electrons. The topological polar surface area (TPSA) is 47.2 Å². The summed E-state index contributed by atoms with van der Waals surface area (Å²) in [6.45, 7) is 7.25. The Bertz CT molecular complexity index is 779. The number of anilines is 1. The first-order chi connectivity index (χ1) is 13.5. The van der Waals surface area contributed by atoms with Crippen molar-refractivity contribution in [2.24, 2.45) is 0 Å². The predicted octanol–water partition coefficient (Wildman–Crippen LogP) is 0.669. The van der Waals surface area contributed by atoms with Gasteiger partial charge in [0.15, 0.2) is 6.04 Å². The molecule has 28 heavy (non-hydrogen) atoms. The Morgan fingerprint density at radius 2 is 1.82 bits per heavy atom. The predicted molar refractivity (Wildman–Crippen MR) is 108 cm³/mol. The number of para-hydroxylation sites is 1. The van der Waals surface area contributed by atoms with E-state index in [1.54, 1.807) is 18.2 Å². The van der Waals surface area contributed by atoms with E-state index in [1.807, 2.05) is 31.2 Å². The Kier molecular flexibility index (Phi) is 7.25. The van der Waals surface area contributed by atoms with Crippen LogP contribution in [0.2, 0.25) is 5.02 Å². The lowest BCUT2D eigenvalue weighted by Gasteiger charge is -2.32. The number of halogens is 2. The Labute approximate surface area is 170 Å². The minimum atomic E-state index is -0.409. The van der Waals surface area contributed by atoms with E-state index < -0.39 is 5.82 Å². The van der Waals surface area contributed by atoms with Crippen LogP contribution in [-0.2, 0) is 4.79 Å². The maximum Gasteiger partial charge on any atom is 0.282 e. The number of piperazine rings is 1. The van der Waals surface area contributed by atoms with Crippen LogP contribution in [0.3, 0.4) is 0 Å². The number of hydrogen-bond acceptors (Lipinski definition) is 2. The van der Waals surface area contributed by atoms with Crippen molar-refractivity contribution < 1.29 is 23.7 Å². The van der Waals surface area contributed by atoms with Gasteiger partial charge in [0.05, 0.1) is 5.69 Å². The summed E-state index contributed by atoms with van der Waals surface area (Å²) >= 11 is 5.87. The summed E-state index contributed by atoms with van der Waals surface area (Å²) in [5.74, 6) is 0.272. The van der Waals surface area contributed by atoms with Crippen LogP contribution >= 0.6 is 11.6 Å². The van der Waals surface area contributed by atoms with Gasteiger partial charge < -0.3 is 19.9 Å². The fourth-order valence-electron chi connectivity index (χ4n) is 3.44. The maximum atomic E-state index is 13.7. The van der Waals surface area contributed by atoms with Gasteiger partial charge in [0.25, 0.3) is 5.91 Å². The number of nitrogens with one attached hydrogen (secondary N) is 3. The molecular formula is C21H27ClFN3O2+2. The zero-order valence-corrected chi connectivity index (χ0v) is 16.8. The number of quaternary nitrogens is 2. The lowest BCUT2D eigenvalue weighted by molar-refractivity contribution is -1.02. The van der Waals surface area contributed by atoms with Gasteiger partial charge in [0.2, 0.25) is 0 Å². The maximum absolute atomic E-state index is 13.7. The quantitative estimate of drug-likeness (QED) is 0.632. The molecule has 0 unspecified atom stereocenters. The summed E-state index contributed by atoms with van der Waals surface area (Å²) in [6, 6.07) is 13.4. The molecule has 1 aliphatic rings. The van der Waals surface area contributed by atoms with Gasteiger partial charge in [-0.05, 0) is 43.3 Å². The summed E-state index contributed by atoms with van der Waals surface area (Å²) in [7, 11) is 0. The molecule has 7 heteroatoms. The second-order valence-corrected chi connectivity index (χ2v) is 7.59. The Balaban J connectivity index is 1.39. The van der Waals surface area contributed by atoms with Crippen LogP contribution in [0.25, 0.3) is 0 Å². The highest BCUT2D eigenvalue weighted by atomic mass is 35.5. The molecule has 3 rings (SSSR count). The van der Waals surface area contributed by atoms with Crippen molar-refractivity contribution >= 4 is 23.2 Å². The molecule has 1 heterocycles. The summed E-state index contributed by atoms with van der Waals surface area (Å²) in [6.07, 6.45) is 0. The third-order valence-electron chi connectivity index (χ3n) is 5.27. The molecule has 0 spiro atoms. The van der Waals surface area contributed by atoms with Crippen molar-refractivity contribution in [3.05, 3.63) is 59.4 Å². The molecule has 1 fully saturated rings. The van der Waals surface area contributed by atoms with E-state index in [4.69, 9.17) is 16.3 Å². The van der Waals surface area contributed by atoms with Crippen LogP contribution in [0.4, 0.5) is 10.1 Å². The van der Waals surface area contributed by atoms with E-state index in [0.29, 0.717) is 11.6 Å². The second kappa shape index (κ2) is 9.87. The normalized spacial score (nSPS) is 20.4. The standard InChI is InChI=1S/C21H25ClFN3O2/c1-16(21(27)24-20-5-3-2-4-19(20)23)26-12-10-25(11-13-26)14-15-28-18-8-6-17(22)7-9-18/h2-9,16H,10-15H2,1H3,(H,24,27)/p+2/t16-/m1/s1. The highest BCUT2D eigenvalue weighted by Crippen LogP contribution is 2.15. The first-order valence-electron chi connectivity index (χ1n) is 9.65. The number of carbonyl (C=O) groups excluding carboxylic acids is 1. The van der Waals surface area contributed by atoms with Gasteiger partial charge in [-0.25, -0.2) is 4.39 Å². The van der Waals surface area contributed by atoms with E-state index in [9.17, 15) is 9.18 Å². The average Bonchev–Trinajstić information content (AvgIpc) is 2.71. The molecule has 1 saturated heterocycles. The van der Waals surface area contributed by atoms with Crippen LogP contribution in [0.15, 0.2) is 48.5 Å². The average molecular weight is 408 g/mol. The molecule has 5 nitrogen and oxygen atoms in total. The summed E-state index contributed by atoms with van der Waals surface area (Å²) in [5.41, 5.74) is 0.238. The molecule has 0 saturated carbocycles. The van der Waals surface area contributed by atoms with Gasteiger partial charge in [0.1, 0.15) is 50.9 Å². The molecule has 150 valence electrons. The molecule has 1 aliphatic heterocycles. The van der Waals surface area contributed by atoms with Crippen LogP contribution < -0.4 is 19.9 Å². The lowest BCUT2D eigenvalue weighted by atomic mass is 10.2. The molecule has 2 aromatic rings. The van der Waals surface area contributed by atoms with Gasteiger partial charge in [-0.15, -0.1) is 0 Å². The Hall–Kier alpha value is -2.15. The number of rotatable bonds is 7. The third-order valence-corrected chi connectivity index (χ3v) is 5.53. The number of ether oxygens (including phenoxy) is 1. The number of carbonyl (C=O) groups is 1. The Morgan fingerprint density at radius 3 is 2.50 bits per heavy atom. The fraction of sp³-hybridized carbons (Fsp3) is 0.381. The summed E-state index contributed by atoms with van der Waals surface area (Å²) in [4.78, 5) is 15.2. The highest BCUT2D eigenvalue weighted by molar-refractivity contribution is 6.30. The van der Waals surface area contributed by atoms with E-state index in [2.05, 4.69) is 5.32 Å². The van der Waals surface area contributed by atoms with Crippen LogP contribution in [0.5, 0.6) is 5.75 Å². The highest BCUT2D eigenvalue weighted by Gasteiger charge is 2.31. The molecule has 3 N–H and O–H groups in total. The largest absolute Gasteiger partial charge is 0.488 e. The zero-order valence-electron chi connectivity index (χ0n) is 16.0. The summed E-state index contributed by atoms with van der Waals surface area (Å²) < 4.78 is 19.5. The summed E-state index contributed by atoms with van der Waals surface area (Å²) in [5, 5.41) is 3.40.